The number of sulfonamides is 1. The van der Waals surface area contributed by atoms with Crippen molar-refractivity contribution in [3.8, 4) is 0 Å². The van der Waals surface area contributed by atoms with Gasteiger partial charge in [0.05, 0.1) is 22.5 Å². The second kappa shape index (κ2) is 5.93. The van der Waals surface area contributed by atoms with E-state index in [9.17, 15) is 31.2 Å². The van der Waals surface area contributed by atoms with Gasteiger partial charge in [0, 0.05) is 12.6 Å². The lowest BCUT2D eigenvalue weighted by Gasteiger charge is -2.34. The maximum atomic E-state index is 13.0. The molecule has 0 aromatic heterocycles. The molecular weight excluding hydrogens is 399 g/mol. The van der Waals surface area contributed by atoms with Crippen molar-refractivity contribution in [1.29, 1.82) is 0 Å². The first kappa shape index (κ1) is 19.2. The first-order valence-corrected chi connectivity index (χ1v) is 10.3. The second-order valence-corrected chi connectivity index (χ2v) is 9.92. The van der Waals surface area contributed by atoms with Crippen LogP contribution in [0.4, 0.5) is 23.7 Å². The Morgan fingerprint density at radius 1 is 1.18 bits per heavy atom. The molecule has 0 radical (unpaired) electrons. The number of piperazine rings is 1. The zero-order valence-corrected chi connectivity index (χ0v) is 15.9. The highest BCUT2D eigenvalue weighted by atomic mass is 32.2. The average molecular weight is 417 g/mol. The molecule has 11 heteroatoms. The largest absolute Gasteiger partial charge is 0.416 e. The van der Waals surface area contributed by atoms with Crippen LogP contribution in [0.15, 0.2) is 24.3 Å². The predicted molar refractivity (Wildman–Crippen MR) is 92.9 cm³/mol. The van der Waals surface area contributed by atoms with Gasteiger partial charge in [0.25, 0.3) is 5.91 Å². The molecule has 0 spiro atoms. The van der Waals surface area contributed by atoms with E-state index in [1.165, 1.54) is 29.1 Å². The minimum atomic E-state index is -4.61. The molecule has 2 bridgehead atoms. The van der Waals surface area contributed by atoms with Crippen molar-refractivity contribution in [1.82, 2.24) is 9.21 Å². The highest BCUT2D eigenvalue weighted by Crippen LogP contribution is 2.44. The van der Waals surface area contributed by atoms with Crippen molar-refractivity contribution in [3.63, 3.8) is 0 Å². The minimum Gasteiger partial charge on any atom is -0.306 e. The van der Waals surface area contributed by atoms with E-state index in [-0.39, 0.29) is 12.2 Å². The van der Waals surface area contributed by atoms with E-state index >= 15 is 0 Å². The molecule has 7 nitrogen and oxygen atoms in total. The zero-order chi connectivity index (χ0) is 20.6. The fraction of sp³-hybridized carbons (Fsp3) is 0.529. The highest BCUT2D eigenvalue weighted by molar-refractivity contribution is 7.89. The van der Waals surface area contributed by atoms with E-state index < -0.39 is 57.1 Å². The summed E-state index contributed by atoms with van der Waals surface area (Å²) in [6, 6.07) is 1.14. The molecular formula is C17H18F3N3O4S. The van der Waals surface area contributed by atoms with Gasteiger partial charge in [-0.15, -0.1) is 0 Å². The summed E-state index contributed by atoms with van der Waals surface area (Å²) in [6.45, 7) is 3.17. The minimum absolute atomic E-state index is 0.0944. The molecule has 0 aliphatic carbocycles. The average Bonchev–Trinajstić information content (AvgIpc) is 3.26. The van der Waals surface area contributed by atoms with Gasteiger partial charge in [-0.2, -0.15) is 17.5 Å². The number of imide groups is 1. The number of anilines is 1. The van der Waals surface area contributed by atoms with Crippen molar-refractivity contribution < 1.29 is 31.2 Å². The fourth-order valence-corrected chi connectivity index (χ4v) is 5.74. The van der Waals surface area contributed by atoms with Gasteiger partial charge in [-0.05, 0) is 38.5 Å². The number of benzene rings is 1. The molecule has 4 rings (SSSR count). The van der Waals surface area contributed by atoms with Crippen molar-refractivity contribution in [2.75, 3.05) is 11.4 Å². The van der Waals surface area contributed by atoms with E-state index in [2.05, 4.69) is 0 Å². The van der Waals surface area contributed by atoms with Gasteiger partial charge in [-0.1, -0.05) is 6.07 Å². The highest BCUT2D eigenvalue weighted by Gasteiger charge is 2.64. The first-order chi connectivity index (χ1) is 12.9. The maximum absolute atomic E-state index is 13.0. The molecule has 3 heterocycles. The molecule has 3 aliphatic rings. The number of amides is 3. The summed E-state index contributed by atoms with van der Waals surface area (Å²) in [7, 11) is -3.62. The standard InChI is InChI=1S/C17H18F3N3O4S/c1-9(2)28(26,27)21-8-12-7-13(21)14-15(24)23(16(25)22(12)14)11-5-3-4-10(6-11)17(18,19)20/h3-6,9,12-14H,7-8H2,1-2H3/t12?,13-,14-/m1/s1. The van der Waals surface area contributed by atoms with Crippen LogP contribution in [0.1, 0.15) is 25.8 Å². The summed E-state index contributed by atoms with van der Waals surface area (Å²) >= 11 is 0. The molecule has 28 heavy (non-hydrogen) atoms. The normalized spacial score (nSPS) is 28.0. The molecule has 3 saturated heterocycles. The first-order valence-electron chi connectivity index (χ1n) is 8.78. The molecule has 1 aromatic rings. The molecule has 1 aromatic carbocycles. The number of fused-ring (bicyclic) bond motifs is 5. The zero-order valence-electron chi connectivity index (χ0n) is 15.0. The summed E-state index contributed by atoms with van der Waals surface area (Å²) in [4.78, 5) is 27.8. The summed E-state index contributed by atoms with van der Waals surface area (Å²) in [5.41, 5.74) is -1.14. The Balaban J connectivity index is 1.69. The van der Waals surface area contributed by atoms with Crippen molar-refractivity contribution in [2.24, 2.45) is 0 Å². The lowest BCUT2D eigenvalue weighted by Crippen LogP contribution is -2.55. The molecule has 0 N–H and O–H groups in total. The number of alkyl halides is 3. The number of rotatable bonds is 3. The topological polar surface area (TPSA) is 78.0 Å². The van der Waals surface area contributed by atoms with Crippen LogP contribution in [0.25, 0.3) is 0 Å². The van der Waals surface area contributed by atoms with Gasteiger partial charge in [-0.25, -0.2) is 18.1 Å². The van der Waals surface area contributed by atoms with E-state index in [1.807, 2.05) is 0 Å². The van der Waals surface area contributed by atoms with Crippen LogP contribution >= 0.6 is 0 Å². The van der Waals surface area contributed by atoms with Crippen molar-refractivity contribution >= 4 is 27.6 Å². The fourth-order valence-electron chi connectivity index (χ4n) is 4.24. The number of hydrogen-bond donors (Lipinski definition) is 0. The van der Waals surface area contributed by atoms with Gasteiger partial charge in [0.2, 0.25) is 10.0 Å². The van der Waals surface area contributed by atoms with Crippen LogP contribution < -0.4 is 4.90 Å². The van der Waals surface area contributed by atoms with Crippen LogP contribution in [0, 0.1) is 0 Å². The third kappa shape index (κ3) is 2.55. The lowest BCUT2D eigenvalue weighted by molar-refractivity contribution is -0.137. The third-order valence-corrected chi connectivity index (χ3v) is 7.84. The van der Waals surface area contributed by atoms with Crippen LogP contribution in [-0.4, -0.2) is 59.5 Å². The Morgan fingerprint density at radius 3 is 2.46 bits per heavy atom. The predicted octanol–water partition coefficient (Wildman–Crippen LogP) is 2.04. The Hall–Kier alpha value is -2.14. The smallest absolute Gasteiger partial charge is 0.306 e. The number of urea groups is 1. The lowest BCUT2D eigenvalue weighted by atomic mass is 10.1. The number of carbonyl (C=O) groups is 2. The second-order valence-electron chi connectivity index (χ2n) is 7.48. The summed E-state index contributed by atoms with van der Waals surface area (Å²) < 4.78 is 65.4. The van der Waals surface area contributed by atoms with E-state index in [0.29, 0.717) is 6.42 Å². The molecule has 3 atom stereocenters. The summed E-state index contributed by atoms with van der Waals surface area (Å²) in [5.74, 6) is -0.694. The van der Waals surface area contributed by atoms with Gasteiger partial charge in [0.15, 0.2) is 0 Å². The molecule has 3 fully saturated rings. The Labute approximate surface area is 159 Å². The molecule has 0 saturated carbocycles. The summed E-state index contributed by atoms with van der Waals surface area (Å²) in [6.07, 6.45) is -4.26. The van der Waals surface area contributed by atoms with Crippen molar-refractivity contribution in [2.45, 2.75) is 49.8 Å². The quantitative estimate of drug-likeness (QED) is 0.706. The number of nitrogens with zero attached hydrogens (tertiary/aromatic N) is 3. The SMILES string of the molecule is CC(C)S(=O)(=O)N1CC2C[C@@H]1[C@@H]1C(=O)N(c3cccc(C(F)(F)F)c3)C(=O)N21. The van der Waals surface area contributed by atoms with Crippen LogP contribution in [0.2, 0.25) is 0 Å². The maximum Gasteiger partial charge on any atom is 0.416 e. The van der Waals surface area contributed by atoms with Crippen molar-refractivity contribution in [3.05, 3.63) is 29.8 Å². The van der Waals surface area contributed by atoms with E-state index in [1.54, 1.807) is 0 Å². The molecule has 152 valence electrons. The van der Waals surface area contributed by atoms with Crippen LogP contribution in [-0.2, 0) is 21.0 Å². The number of halogens is 3. The van der Waals surface area contributed by atoms with E-state index in [4.69, 9.17) is 0 Å². The van der Waals surface area contributed by atoms with Gasteiger partial charge in [-0.3, -0.25) is 4.79 Å². The Morgan fingerprint density at radius 2 is 1.86 bits per heavy atom. The Bertz CT molecular complexity index is 963. The molecule has 3 aliphatic heterocycles. The van der Waals surface area contributed by atoms with Gasteiger partial charge in [0.1, 0.15) is 6.04 Å². The van der Waals surface area contributed by atoms with Gasteiger partial charge < -0.3 is 4.90 Å². The molecule has 1 unspecified atom stereocenters. The van der Waals surface area contributed by atoms with Crippen LogP contribution in [0.3, 0.4) is 0 Å². The Kier molecular flexibility index (Phi) is 4.06. The van der Waals surface area contributed by atoms with Gasteiger partial charge >= 0.3 is 12.2 Å². The third-order valence-electron chi connectivity index (χ3n) is 5.57. The number of carbonyl (C=O) groups excluding carboxylic acids is 2. The number of hydrogen-bond acceptors (Lipinski definition) is 4. The van der Waals surface area contributed by atoms with Crippen LogP contribution in [0.5, 0.6) is 0 Å². The van der Waals surface area contributed by atoms with E-state index in [0.717, 1.165) is 23.1 Å². The molecule has 3 amide bonds. The summed E-state index contributed by atoms with van der Waals surface area (Å²) in [5, 5.41) is -0.674. The monoisotopic (exact) mass is 417 g/mol.